The van der Waals surface area contributed by atoms with Gasteiger partial charge in [-0.05, 0) is 23.6 Å². The summed E-state index contributed by atoms with van der Waals surface area (Å²) in [5.74, 6) is 0. The molecular weight excluding hydrogens is 186 g/mol. The zero-order valence-electron chi connectivity index (χ0n) is 7.16. The van der Waals surface area contributed by atoms with Crippen molar-refractivity contribution in [2.45, 2.75) is 13.0 Å². The highest BCUT2D eigenvalue weighted by atomic mass is 35.5. The van der Waals surface area contributed by atoms with Crippen LogP contribution in [0.3, 0.4) is 0 Å². The van der Waals surface area contributed by atoms with Crippen LogP contribution in [0.5, 0.6) is 0 Å². The minimum absolute atomic E-state index is 0.694. The molecule has 0 bridgehead atoms. The van der Waals surface area contributed by atoms with Crippen LogP contribution in [-0.2, 0) is 17.8 Å². The number of hydrogen-bond acceptors (Lipinski definition) is 1. The maximum Gasteiger partial charge on any atom is 0.210 e. The number of benzene rings is 1. The first-order valence-electron chi connectivity index (χ1n) is 4.27. The molecular formula is C10H10ClNO. The monoisotopic (exact) mass is 195 g/mol. The van der Waals surface area contributed by atoms with Gasteiger partial charge < -0.3 is 4.90 Å². The van der Waals surface area contributed by atoms with E-state index in [0.29, 0.717) is 6.54 Å². The Bertz CT molecular complexity index is 338. The van der Waals surface area contributed by atoms with E-state index in [1.54, 1.807) is 4.90 Å². The second kappa shape index (κ2) is 3.38. The van der Waals surface area contributed by atoms with Crippen LogP contribution in [0.25, 0.3) is 0 Å². The zero-order valence-corrected chi connectivity index (χ0v) is 7.92. The number of halogens is 1. The smallest absolute Gasteiger partial charge is 0.210 e. The van der Waals surface area contributed by atoms with Gasteiger partial charge in [0.25, 0.3) is 0 Å². The maximum atomic E-state index is 10.5. The van der Waals surface area contributed by atoms with Crippen molar-refractivity contribution in [1.29, 1.82) is 0 Å². The van der Waals surface area contributed by atoms with Crippen molar-refractivity contribution < 1.29 is 4.79 Å². The van der Waals surface area contributed by atoms with Gasteiger partial charge in [0.2, 0.25) is 6.41 Å². The van der Waals surface area contributed by atoms with Gasteiger partial charge in [-0.1, -0.05) is 23.7 Å². The number of hydrogen-bond donors (Lipinski definition) is 0. The molecule has 1 heterocycles. The van der Waals surface area contributed by atoms with Crippen LogP contribution < -0.4 is 0 Å². The first-order valence-corrected chi connectivity index (χ1v) is 4.64. The summed E-state index contributed by atoms with van der Waals surface area (Å²) in [5, 5.41) is 0.822. The fourth-order valence-corrected chi connectivity index (χ4v) is 1.96. The largest absolute Gasteiger partial charge is 0.341 e. The molecule has 0 N–H and O–H groups in total. The summed E-state index contributed by atoms with van der Waals surface area (Å²) in [5.41, 5.74) is 2.37. The van der Waals surface area contributed by atoms with Crippen LogP contribution >= 0.6 is 11.6 Å². The Kier molecular flexibility index (Phi) is 2.23. The Morgan fingerprint density at radius 1 is 1.46 bits per heavy atom. The number of amides is 1. The summed E-state index contributed by atoms with van der Waals surface area (Å²) in [6.45, 7) is 1.47. The molecule has 1 aliphatic rings. The molecule has 0 radical (unpaired) electrons. The van der Waals surface area contributed by atoms with E-state index in [-0.39, 0.29) is 0 Å². The molecule has 0 saturated heterocycles. The molecule has 0 saturated carbocycles. The van der Waals surface area contributed by atoms with Crippen LogP contribution in [0.1, 0.15) is 11.1 Å². The lowest BCUT2D eigenvalue weighted by Crippen LogP contribution is -2.29. The second-order valence-corrected chi connectivity index (χ2v) is 3.61. The van der Waals surface area contributed by atoms with E-state index >= 15 is 0 Å². The van der Waals surface area contributed by atoms with Crippen molar-refractivity contribution >= 4 is 18.0 Å². The fraction of sp³-hybridized carbons (Fsp3) is 0.300. The molecule has 2 nitrogen and oxygen atoms in total. The summed E-state index contributed by atoms with van der Waals surface area (Å²) < 4.78 is 0. The minimum atomic E-state index is 0.694. The molecule has 0 spiro atoms. The van der Waals surface area contributed by atoms with Crippen molar-refractivity contribution in [3.05, 3.63) is 34.3 Å². The standard InChI is InChI=1S/C10H10ClNO/c11-10-3-1-2-8-6-12(7-13)5-4-9(8)10/h1-3,7H,4-6H2. The maximum absolute atomic E-state index is 10.5. The first kappa shape index (κ1) is 8.57. The lowest BCUT2D eigenvalue weighted by Gasteiger charge is -2.25. The fourth-order valence-electron chi connectivity index (χ4n) is 1.67. The normalized spacial score (nSPS) is 15.3. The molecule has 3 heteroatoms. The summed E-state index contributed by atoms with van der Waals surface area (Å²) in [4.78, 5) is 12.3. The van der Waals surface area contributed by atoms with Crippen LogP contribution in [0, 0.1) is 0 Å². The lowest BCUT2D eigenvalue weighted by atomic mass is 10.0. The van der Waals surface area contributed by atoms with Crippen molar-refractivity contribution in [2.75, 3.05) is 6.54 Å². The van der Waals surface area contributed by atoms with E-state index < -0.39 is 0 Å². The van der Waals surface area contributed by atoms with E-state index in [4.69, 9.17) is 11.6 Å². The Hall–Kier alpha value is -1.02. The van der Waals surface area contributed by atoms with Crippen molar-refractivity contribution in [1.82, 2.24) is 4.90 Å². The number of carbonyl (C=O) groups excluding carboxylic acids is 1. The number of nitrogens with zero attached hydrogens (tertiary/aromatic N) is 1. The van der Waals surface area contributed by atoms with Gasteiger partial charge in [0, 0.05) is 18.1 Å². The average molecular weight is 196 g/mol. The highest BCUT2D eigenvalue weighted by molar-refractivity contribution is 6.31. The summed E-state index contributed by atoms with van der Waals surface area (Å²) in [6.07, 6.45) is 1.76. The van der Waals surface area contributed by atoms with Gasteiger partial charge in [-0.2, -0.15) is 0 Å². The van der Waals surface area contributed by atoms with Crippen LogP contribution in [0.15, 0.2) is 18.2 Å². The molecule has 0 fully saturated rings. The van der Waals surface area contributed by atoms with Gasteiger partial charge in [0.05, 0.1) is 0 Å². The van der Waals surface area contributed by atoms with Gasteiger partial charge in [-0.15, -0.1) is 0 Å². The van der Waals surface area contributed by atoms with E-state index in [2.05, 4.69) is 0 Å². The van der Waals surface area contributed by atoms with Crippen molar-refractivity contribution in [3.8, 4) is 0 Å². The van der Waals surface area contributed by atoms with Crippen molar-refractivity contribution in [3.63, 3.8) is 0 Å². The molecule has 13 heavy (non-hydrogen) atoms. The third-order valence-electron chi connectivity index (χ3n) is 2.39. The molecule has 1 amide bonds. The first-order chi connectivity index (χ1) is 6.31. The molecule has 1 aromatic carbocycles. The predicted molar refractivity (Wildman–Crippen MR) is 51.6 cm³/mol. The lowest BCUT2D eigenvalue weighted by molar-refractivity contribution is -0.118. The summed E-state index contributed by atoms with van der Waals surface area (Å²) in [6, 6.07) is 5.85. The van der Waals surface area contributed by atoms with E-state index in [0.717, 1.165) is 24.4 Å². The Labute approximate surface area is 82.1 Å². The van der Waals surface area contributed by atoms with Crippen LogP contribution in [-0.4, -0.2) is 17.9 Å². The summed E-state index contributed by atoms with van der Waals surface area (Å²) >= 11 is 6.03. The van der Waals surface area contributed by atoms with Gasteiger partial charge in [0.1, 0.15) is 0 Å². The molecule has 2 rings (SSSR count). The SMILES string of the molecule is O=CN1CCc2c(Cl)cccc2C1. The third kappa shape index (κ3) is 1.54. The van der Waals surface area contributed by atoms with Crippen molar-refractivity contribution in [2.24, 2.45) is 0 Å². The molecule has 1 aliphatic heterocycles. The number of carbonyl (C=O) groups is 1. The Morgan fingerprint density at radius 2 is 2.31 bits per heavy atom. The third-order valence-corrected chi connectivity index (χ3v) is 2.74. The average Bonchev–Trinajstić information content (AvgIpc) is 2.18. The van der Waals surface area contributed by atoms with Gasteiger partial charge in [-0.25, -0.2) is 0 Å². The highest BCUT2D eigenvalue weighted by Crippen LogP contribution is 2.24. The molecule has 0 aromatic heterocycles. The van der Waals surface area contributed by atoms with E-state index in [1.807, 2.05) is 18.2 Å². The number of rotatable bonds is 1. The van der Waals surface area contributed by atoms with Gasteiger partial charge in [0.15, 0.2) is 0 Å². The quantitative estimate of drug-likeness (QED) is 0.627. The molecule has 0 unspecified atom stereocenters. The Morgan fingerprint density at radius 3 is 3.08 bits per heavy atom. The summed E-state index contributed by atoms with van der Waals surface area (Å²) in [7, 11) is 0. The second-order valence-electron chi connectivity index (χ2n) is 3.20. The molecule has 68 valence electrons. The predicted octanol–water partition coefficient (Wildman–Crippen LogP) is 1.85. The van der Waals surface area contributed by atoms with E-state index in [1.165, 1.54) is 11.1 Å². The molecule has 0 aliphatic carbocycles. The highest BCUT2D eigenvalue weighted by Gasteiger charge is 2.15. The van der Waals surface area contributed by atoms with Gasteiger partial charge in [-0.3, -0.25) is 4.79 Å². The van der Waals surface area contributed by atoms with Gasteiger partial charge >= 0.3 is 0 Å². The number of fused-ring (bicyclic) bond motifs is 1. The Balaban J connectivity index is 2.36. The van der Waals surface area contributed by atoms with Crippen LogP contribution in [0.2, 0.25) is 5.02 Å². The minimum Gasteiger partial charge on any atom is -0.341 e. The van der Waals surface area contributed by atoms with Crippen LogP contribution in [0.4, 0.5) is 0 Å². The van der Waals surface area contributed by atoms with E-state index in [9.17, 15) is 4.79 Å². The molecule has 1 aromatic rings. The molecule has 0 atom stereocenters. The topological polar surface area (TPSA) is 20.3 Å². The zero-order chi connectivity index (χ0) is 9.26.